The molecule has 0 saturated carbocycles. The Kier molecular flexibility index (Phi) is 10.3. The highest BCUT2D eigenvalue weighted by Gasteiger charge is 2.13. The van der Waals surface area contributed by atoms with Crippen LogP contribution in [0.15, 0.2) is 47.5 Å². The Hall–Kier alpha value is -2.29. The number of aliphatic imine (C=N–C) groups is 1. The maximum absolute atomic E-state index is 12.2. The fourth-order valence-electron chi connectivity index (χ4n) is 3.89. The second kappa shape index (κ2) is 12.7. The van der Waals surface area contributed by atoms with Crippen molar-refractivity contribution in [2.75, 3.05) is 45.7 Å². The predicted octanol–water partition coefficient (Wildman–Crippen LogP) is 3.69. The molecule has 0 aromatic heterocycles. The Morgan fingerprint density at radius 2 is 1.94 bits per heavy atom. The molecule has 2 N–H and O–H groups in total. The Labute approximate surface area is 209 Å². The number of fused-ring (bicyclic) bond motifs is 1. The Morgan fingerprint density at radius 3 is 2.69 bits per heavy atom. The van der Waals surface area contributed by atoms with Gasteiger partial charge in [0.25, 0.3) is 5.91 Å². The number of rotatable bonds is 7. The molecule has 1 amide bonds. The van der Waals surface area contributed by atoms with Crippen molar-refractivity contribution < 1.29 is 4.79 Å². The molecule has 3 rings (SSSR count). The number of carbonyl (C=O) groups excluding carboxylic acids is 1. The van der Waals surface area contributed by atoms with Gasteiger partial charge in [-0.3, -0.25) is 4.79 Å². The number of guanidine groups is 1. The molecule has 0 atom stereocenters. The van der Waals surface area contributed by atoms with Gasteiger partial charge >= 0.3 is 0 Å². The third-order valence-electron chi connectivity index (χ3n) is 5.54. The first-order chi connectivity index (χ1) is 15.0. The van der Waals surface area contributed by atoms with Gasteiger partial charge in [0.15, 0.2) is 5.96 Å². The summed E-state index contributed by atoms with van der Waals surface area (Å²) in [4.78, 5) is 20.9. The van der Waals surface area contributed by atoms with Gasteiger partial charge in [0.1, 0.15) is 0 Å². The summed E-state index contributed by atoms with van der Waals surface area (Å²) in [5.74, 6) is 0.846. The van der Waals surface area contributed by atoms with Gasteiger partial charge in [-0.15, -0.1) is 24.0 Å². The summed E-state index contributed by atoms with van der Waals surface area (Å²) < 4.78 is 0. The summed E-state index contributed by atoms with van der Waals surface area (Å²) >= 11 is 0. The Bertz CT molecular complexity index is 928. The number of halogens is 1. The van der Waals surface area contributed by atoms with Crippen molar-refractivity contribution in [3.63, 3.8) is 0 Å². The van der Waals surface area contributed by atoms with E-state index in [2.05, 4.69) is 53.8 Å². The van der Waals surface area contributed by atoms with Gasteiger partial charge in [-0.1, -0.05) is 24.3 Å². The van der Waals surface area contributed by atoms with Gasteiger partial charge in [-0.25, -0.2) is 4.99 Å². The molecule has 1 heterocycles. The van der Waals surface area contributed by atoms with E-state index in [0.29, 0.717) is 6.54 Å². The molecule has 0 radical (unpaired) electrons. The van der Waals surface area contributed by atoms with Crippen LogP contribution in [-0.4, -0.2) is 57.5 Å². The van der Waals surface area contributed by atoms with Crippen molar-refractivity contribution in [2.45, 2.75) is 32.7 Å². The number of amides is 1. The van der Waals surface area contributed by atoms with Crippen molar-refractivity contribution in [3.05, 3.63) is 64.7 Å². The summed E-state index contributed by atoms with van der Waals surface area (Å²) in [6.45, 7) is 5.42. The number of hydrogen-bond donors (Lipinski definition) is 2. The van der Waals surface area contributed by atoms with Crippen LogP contribution in [-0.2, 0) is 19.4 Å². The molecule has 0 saturated heterocycles. The van der Waals surface area contributed by atoms with Gasteiger partial charge in [0, 0.05) is 52.0 Å². The molecule has 0 bridgehead atoms. The van der Waals surface area contributed by atoms with E-state index in [1.54, 1.807) is 19.0 Å². The van der Waals surface area contributed by atoms with E-state index in [1.807, 2.05) is 18.2 Å². The largest absolute Gasteiger partial charge is 0.374 e. The first-order valence-electron chi connectivity index (χ1n) is 11.1. The minimum Gasteiger partial charge on any atom is -0.374 e. The second-order valence-electron chi connectivity index (χ2n) is 8.26. The SMILES string of the molecule is CCNC(=NCc1ccc2c(c1)CCCN2C)NCCc1cccc(C(=O)N(C)C)c1.I. The van der Waals surface area contributed by atoms with Crippen LogP contribution < -0.4 is 15.5 Å². The van der Waals surface area contributed by atoms with Crippen LogP contribution in [0.3, 0.4) is 0 Å². The molecule has 7 heteroatoms. The fraction of sp³-hybridized carbons (Fsp3) is 0.440. The van der Waals surface area contributed by atoms with Crippen molar-refractivity contribution in [3.8, 4) is 0 Å². The standard InChI is InChI=1S/C25H35N5O.HI/c1-5-26-25(27-14-13-19-8-6-9-22(16-19)24(31)29(2)3)28-18-20-11-12-23-21(17-20)10-7-15-30(23)4;/h6,8-9,11-12,16-17H,5,7,10,13-15,18H2,1-4H3,(H2,26,27,28);1H. The quantitative estimate of drug-likeness (QED) is 0.315. The smallest absolute Gasteiger partial charge is 0.253 e. The van der Waals surface area contributed by atoms with E-state index in [9.17, 15) is 4.79 Å². The molecule has 0 unspecified atom stereocenters. The van der Waals surface area contributed by atoms with Crippen LogP contribution in [0, 0.1) is 0 Å². The number of nitrogens with zero attached hydrogens (tertiary/aromatic N) is 3. The lowest BCUT2D eigenvalue weighted by atomic mass is 10.00. The van der Waals surface area contributed by atoms with E-state index < -0.39 is 0 Å². The van der Waals surface area contributed by atoms with Crippen LogP contribution >= 0.6 is 24.0 Å². The van der Waals surface area contributed by atoms with E-state index in [1.165, 1.54) is 23.2 Å². The van der Waals surface area contributed by atoms with Crippen LogP contribution in [0.2, 0.25) is 0 Å². The van der Waals surface area contributed by atoms with Crippen molar-refractivity contribution in [1.29, 1.82) is 0 Å². The summed E-state index contributed by atoms with van der Waals surface area (Å²) in [6.07, 6.45) is 3.18. The predicted molar refractivity (Wildman–Crippen MR) is 144 cm³/mol. The molecule has 32 heavy (non-hydrogen) atoms. The van der Waals surface area contributed by atoms with E-state index in [-0.39, 0.29) is 29.9 Å². The van der Waals surface area contributed by atoms with Gasteiger partial charge in [-0.05, 0) is 61.1 Å². The lowest BCUT2D eigenvalue weighted by molar-refractivity contribution is 0.0827. The molecule has 2 aromatic carbocycles. The minimum absolute atomic E-state index is 0. The van der Waals surface area contributed by atoms with E-state index >= 15 is 0 Å². The zero-order valence-corrected chi connectivity index (χ0v) is 22.0. The molecule has 1 aliphatic heterocycles. The van der Waals surface area contributed by atoms with Crippen LogP contribution in [0.1, 0.15) is 40.4 Å². The summed E-state index contributed by atoms with van der Waals surface area (Å²) in [7, 11) is 5.71. The Morgan fingerprint density at radius 1 is 1.12 bits per heavy atom. The van der Waals surface area contributed by atoms with E-state index in [4.69, 9.17) is 4.99 Å². The molecule has 6 nitrogen and oxygen atoms in total. The molecule has 0 spiro atoms. The number of hydrogen-bond acceptors (Lipinski definition) is 3. The van der Waals surface area contributed by atoms with Crippen LogP contribution in [0.4, 0.5) is 5.69 Å². The monoisotopic (exact) mass is 549 g/mol. The first kappa shape index (κ1) is 26.0. The topological polar surface area (TPSA) is 60.0 Å². The number of benzene rings is 2. The summed E-state index contributed by atoms with van der Waals surface area (Å²) in [5.41, 5.74) is 5.86. The zero-order chi connectivity index (χ0) is 22.2. The molecular weight excluding hydrogens is 513 g/mol. The molecule has 174 valence electrons. The second-order valence-corrected chi connectivity index (χ2v) is 8.26. The zero-order valence-electron chi connectivity index (χ0n) is 19.6. The van der Waals surface area contributed by atoms with Gasteiger partial charge in [0.2, 0.25) is 0 Å². The van der Waals surface area contributed by atoms with Crippen molar-refractivity contribution in [1.82, 2.24) is 15.5 Å². The van der Waals surface area contributed by atoms with Crippen molar-refractivity contribution >= 4 is 41.5 Å². The molecular formula is C25H36IN5O. The highest BCUT2D eigenvalue weighted by atomic mass is 127. The number of aryl methyl sites for hydroxylation is 1. The van der Waals surface area contributed by atoms with Gasteiger partial charge < -0.3 is 20.4 Å². The van der Waals surface area contributed by atoms with Crippen LogP contribution in [0.25, 0.3) is 0 Å². The molecule has 0 fully saturated rings. The fourth-order valence-corrected chi connectivity index (χ4v) is 3.89. The third-order valence-corrected chi connectivity index (χ3v) is 5.54. The average molecular weight is 550 g/mol. The molecule has 1 aliphatic rings. The maximum Gasteiger partial charge on any atom is 0.253 e. The molecule has 0 aliphatic carbocycles. The van der Waals surface area contributed by atoms with Gasteiger partial charge in [-0.2, -0.15) is 0 Å². The highest BCUT2D eigenvalue weighted by molar-refractivity contribution is 14.0. The first-order valence-corrected chi connectivity index (χ1v) is 11.1. The number of nitrogens with one attached hydrogen (secondary N) is 2. The lowest BCUT2D eigenvalue weighted by Gasteiger charge is -2.27. The highest BCUT2D eigenvalue weighted by Crippen LogP contribution is 2.26. The number of carbonyl (C=O) groups is 1. The van der Waals surface area contributed by atoms with Crippen molar-refractivity contribution in [2.24, 2.45) is 4.99 Å². The normalized spacial score (nSPS) is 13.1. The van der Waals surface area contributed by atoms with Gasteiger partial charge in [0.05, 0.1) is 6.54 Å². The molecule has 2 aromatic rings. The third kappa shape index (κ3) is 7.12. The average Bonchev–Trinajstić information content (AvgIpc) is 2.77. The number of anilines is 1. The van der Waals surface area contributed by atoms with E-state index in [0.717, 1.165) is 49.6 Å². The maximum atomic E-state index is 12.2. The Balaban J connectivity index is 0.00000363. The summed E-state index contributed by atoms with van der Waals surface area (Å²) in [5, 5.41) is 6.74. The van der Waals surface area contributed by atoms with Crippen LogP contribution in [0.5, 0.6) is 0 Å². The summed E-state index contributed by atoms with van der Waals surface area (Å²) in [6, 6.07) is 14.5. The lowest BCUT2D eigenvalue weighted by Crippen LogP contribution is -2.38. The minimum atomic E-state index is 0.